The van der Waals surface area contributed by atoms with E-state index < -0.39 is 21.6 Å². The summed E-state index contributed by atoms with van der Waals surface area (Å²) in [5.74, 6) is 0.149. The highest BCUT2D eigenvalue weighted by molar-refractivity contribution is 7.90. The largest absolute Gasteiger partial charge is 0.416 e. The first-order chi connectivity index (χ1) is 12.0. The van der Waals surface area contributed by atoms with Crippen LogP contribution in [-0.2, 0) is 16.0 Å². The molecule has 0 fully saturated rings. The van der Waals surface area contributed by atoms with Crippen molar-refractivity contribution in [1.82, 2.24) is 4.98 Å². The van der Waals surface area contributed by atoms with Gasteiger partial charge in [0.25, 0.3) is 0 Å². The lowest BCUT2D eigenvalue weighted by molar-refractivity contribution is -0.137. The highest BCUT2D eigenvalue weighted by Crippen LogP contribution is 2.33. The molecule has 4 nitrogen and oxygen atoms in total. The van der Waals surface area contributed by atoms with Crippen molar-refractivity contribution < 1.29 is 21.6 Å². The molecule has 0 bridgehead atoms. The first-order valence-electron chi connectivity index (χ1n) is 8.21. The van der Waals surface area contributed by atoms with E-state index in [1.54, 1.807) is 0 Å². The number of benzene rings is 1. The van der Waals surface area contributed by atoms with Crippen LogP contribution in [0.1, 0.15) is 32.3 Å². The maximum Gasteiger partial charge on any atom is 0.416 e. The summed E-state index contributed by atoms with van der Waals surface area (Å²) in [6.45, 7) is 3.89. The number of anilines is 1. The topological polar surface area (TPSA) is 59.1 Å². The highest BCUT2D eigenvalue weighted by Gasteiger charge is 2.32. The van der Waals surface area contributed by atoms with E-state index in [0.29, 0.717) is 5.56 Å². The molecule has 1 N–H and O–H groups in total. The van der Waals surface area contributed by atoms with Crippen molar-refractivity contribution in [2.24, 2.45) is 0 Å². The van der Waals surface area contributed by atoms with E-state index in [9.17, 15) is 21.6 Å². The number of aromatic nitrogens is 1. The van der Waals surface area contributed by atoms with E-state index in [1.807, 2.05) is 13.8 Å². The molecule has 0 saturated heterocycles. The third kappa shape index (κ3) is 4.97. The van der Waals surface area contributed by atoms with Crippen LogP contribution in [0.3, 0.4) is 0 Å². The van der Waals surface area contributed by atoms with Gasteiger partial charge in [-0.1, -0.05) is 26.0 Å². The van der Waals surface area contributed by atoms with Gasteiger partial charge in [-0.3, -0.25) is 0 Å². The average molecular weight is 386 g/mol. The Labute approximate surface area is 151 Å². The third-order valence-electron chi connectivity index (χ3n) is 4.07. The number of nitrogens with one attached hydrogen (secondary N) is 1. The molecular weight excluding hydrogens is 365 g/mol. The van der Waals surface area contributed by atoms with Gasteiger partial charge >= 0.3 is 6.18 Å². The molecule has 1 aromatic heterocycles. The van der Waals surface area contributed by atoms with Gasteiger partial charge < -0.3 is 5.32 Å². The van der Waals surface area contributed by atoms with Gasteiger partial charge in [-0.25, -0.2) is 13.4 Å². The molecule has 2 rings (SSSR count). The monoisotopic (exact) mass is 386 g/mol. The Balaban J connectivity index is 2.50. The minimum atomic E-state index is -4.51. The lowest BCUT2D eigenvalue weighted by Gasteiger charge is -2.18. The molecule has 0 saturated carbocycles. The number of nitrogens with zero attached hydrogens (tertiary/aromatic N) is 1. The van der Waals surface area contributed by atoms with E-state index in [2.05, 4.69) is 10.3 Å². The van der Waals surface area contributed by atoms with Crippen LogP contribution in [0.4, 0.5) is 19.0 Å². The first-order valence-corrected chi connectivity index (χ1v) is 10.1. The average Bonchev–Trinajstić information content (AvgIpc) is 2.58. The SMILES string of the molecule is CCC(CC)Nc1cc(C(F)(F)F)cc(-c2ccc(S(C)(=O)=O)cc2)n1. The van der Waals surface area contributed by atoms with Crippen LogP contribution in [0.15, 0.2) is 41.3 Å². The Morgan fingerprint density at radius 1 is 1.08 bits per heavy atom. The predicted molar refractivity (Wildman–Crippen MR) is 95.8 cm³/mol. The zero-order valence-corrected chi connectivity index (χ0v) is 15.6. The first kappa shape index (κ1) is 20.2. The molecule has 1 heterocycles. The van der Waals surface area contributed by atoms with Crippen LogP contribution in [0.25, 0.3) is 11.3 Å². The van der Waals surface area contributed by atoms with E-state index in [1.165, 1.54) is 24.3 Å². The number of hydrogen-bond acceptors (Lipinski definition) is 4. The molecule has 0 unspecified atom stereocenters. The molecule has 0 amide bonds. The second-order valence-corrected chi connectivity index (χ2v) is 8.09. The molecule has 0 radical (unpaired) electrons. The number of sulfone groups is 1. The van der Waals surface area contributed by atoms with E-state index in [-0.39, 0.29) is 22.4 Å². The quantitative estimate of drug-likeness (QED) is 0.777. The molecule has 2 aromatic rings. The zero-order valence-electron chi connectivity index (χ0n) is 14.8. The smallest absolute Gasteiger partial charge is 0.367 e. The van der Waals surface area contributed by atoms with E-state index in [0.717, 1.165) is 31.2 Å². The van der Waals surface area contributed by atoms with Gasteiger partial charge in [-0.15, -0.1) is 0 Å². The fourth-order valence-corrected chi connectivity index (χ4v) is 3.12. The number of hydrogen-bond donors (Lipinski definition) is 1. The van der Waals surface area contributed by atoms with Crippen LogP contribution < -0.4 is 5.32 Å². The summed E-state index contributed by atoms with van der Waals surface area (Å²) in [5, 5.41) is 3.03. The standard InChI is InChI=1S/C18H21F3N2O2S/c1-4-14(5-2)22-17-11-13(18(19,20)21)10-16(23-17)12-6-8-15(9-7-12)26(3,24)25/h6-11,14H,4-5H2,1-3H3,(H,22,23). The van der Waals surface area contributed by atoms with Crippen LogP contribution in [-0.4, -0.2) is 25.7 Å². The van der Waals surface area contributed by atoms with Crippen molar-refractivity contribution in [1.29, 1.82) is 0 Å². The van der Waals surface area contributed by atoms with Crippen LogP contribution in [0.5, 0.6) is 0 Å². The van der Waals surface area contributed by atoms with Gasteiger partial charge in [0.2, 0.25) is 0 Å². The fourth-order valence-electron chi connectivity index (χ4n) is 2.49. The number of pyridine rings is 1. The minimum Gasteiger partial charge on any atom is -0.367 e. The van der Waals surface area contributed by atoms with Crippen LogP contribution in [0, 0.1) is 0 Å². The van der Waals surface area contributed by atoms with Crippen molar-refractivity contribution in [2.45, 2.75) is 43.8 Å². The second kappa shape index (κ2) is 7.65. The number of halogens is 3. The molecule has 8 heteroatoms. The lowest BCUT2D eigenvalue weighted by Crippen LogP contribution is -2.19. The summed E-state index contributed by atoms with van der Waals surface area (Å²) in [6, 6.07) is 7.62. The maximum absolute atomic E-state index is 13.3. The summed E-state index contributed by atoms with van der Waals surface area (Å²) in [5.41, 5.74) is -0.257. The van der Waals surface area contributed by atoms with Crippen LogP contribution in [0.2, 0.25) is 0 Å². The number of rotatable bonds is 6. The molecular formula is C18H21F3N2O2S. The van der Waals surface area contributed by atoms with Gasteiger partial charge in [0, 0.05) is 17.9 Å². The van der Waals surface area contributed by atoms with Crippen molar-refractivity contribution >= 4 is 15.7 Å². The summed E-state index contributed by atoms with van der Waals surface area (Å²) >= 11 is 0. The molecule has 142 valence electrons. The Morgan fingerprint density at radius 3 is 2.12 bits per heavy atom. The molecule has 0 spiro atoms. The Hall–Kier alpha value is -2.09. The molecule has 0 aliphatic heterocycles. The second-order valence-electron chi connectivity index (χ2n) is 6.08. The molecule has 0 aliphatic rings. The Kier molecular flexibility index (Phi) is 5.95. The van der Waals surface area contributed by atoms with E-state index >= 15 is 0 Å². The van der Waals surface area contributed by atoms with Gasteiger partial charge in [0.05, 0.1) is 16.2 Å². The summed E-state index contributed by atoms with van der Waals surface area (Å²) < 4.78 is 62.8. The molecule has 0 atom stereocenters. The Bertz CT molecular complexity index is 859. The zero-order chi connectivity index (χ0) is 19.5. The van der Waals surface area contributed by atoms with Crippen molar-refractivity contribution in [2.75, 3.05) is 11.6 Å². The van der Waals surface area contributed by atoms with Gasteiger partial charge in [0.1, 0.15) is 5.82 Å². The molecule has 1 aromatic carbocycles. The number of alkyl halides is 3. The molecule has 0 aliphatic carbocycles. The fraction of sp³-hybridized carbons (Fsp3) is 0.389. The molecule has 26 heavy (non-hydrogen) atoms. The van der Waals surface area contributed by atoms with Gasteiger partial charge in [-0.05, 0) is 37.1 Å². The summed E-state index contributed by atoms with van der Waals surface area (Å²) in [6.07, 6.45) is -1.92. The minimum absolute atomic E-state index is 0.0199. The van der Waals surface area contributed by atoms with Crippen LogP contribution >= 0.6 is 0 Å². The highest BCUT2D eigenvalue weighted by atomic mass is 32.2. The summed E-state index contributed by atoms with van der Waals surface area (Å²) in [7, 11) is -3.38. The summed E-state index contributed by atoms with van der Waals surface area (Å²) in [4.78, 5) is 4.38. The van der Waals surface area contributed by atoms with Crippen molar-refractivity contribution in [3.63, 3.8) is 0 Å². The van der Waals surface area contributed by atoms with Crippen molar-refractivity contribution in [3.8, 4) is 11.3 Å². The third-order valence-corrected chi connectivity index (χ3v) is 5.20. The van der Waals surface area contributed by atoms with E-state index in [4.69, 9.17) is 0 Å². The predicted octanol–water partition coefficient (Wildman–Crippen LogP) is 4.77. The van der Waals surface area contributed by atoms with Crippen molar-refractivity contribution in [3.05, 3.63) is 42.0 Å². The normalized spacial score (nSPS) is 12.4. The van der Waals surface area contributed by atoms with Gasteiger partial charge in [-0.2, -0.15) is 13.2 Å². The van der Waals surface area contributed by atoms with Gasteiger partial charge in [0.15, 0.2) is 9.84 Å². The maximum atomic E-state index is 13.3. The Morgan fingerprint density at radius 2 is 1.65 bits per heavy atom. The lowest BCUT2D eigenvalue weighted by atomic mass is 10.1.